The molecule has 21 heavy (non-hydrogen) atoms. The van der Waals surface area contributed by atoms with Crippen molar-refractivity contribution in [2.75, 3.05) is 14.2 Å². The highest BCUT2D eigenvalue weighted by Gasteiger charge is 2.18. The fourth-order valence-corrected chi connectivity index (χ4v) is 2.35. The maximum Gasteiger partial charge on any atom is 0.224 e. The Labute approximate surface area is 123 Å². The molecule has 0 saturated heterocycles. The van der Waals surface area contributed by atoms with Crippen LogP contribution in [-0.2, 0) is 6.54 Å². The molecular weight excluding hydrogens is 272 g/mol. The summed E-state index contributed by atoms with van der Waals surface area (Å²) in [5.41, 5.74) is 2.72. The summed E-state index contributed by atoms with van der Waals surface area (Å²) < 4.78 is 15.7. The molecule has 1 N–H and O–H groups in total. The molecule has 0 spiro atoms. The first kappa shape index (κ1) is 15.2. The lowest BCUT2D eigenvalue weighted by Gasteiger charge is -2.16. The van der Waals surface area contributed by atoms with Gasteiger partial charge in [-0.05, 0) is 20.8 Å². The fraction of sp³-hybridized carbons (Fsp3) is 0.500. The number of methoxy groups -OCH3 is 2. The van der Waals surface area contributed by atoms with Crippen molar-refractivity contribution in [2.45, 2.75) is 33.4 Å². The van der Waals surface area contributed by atoms with E-state index in [1.54, 1.807) is 14.2 Å². The van der Waals surface area contributed by atoms with Gasteiger partial charge in [0, 0.05) is 18.2 Å². The van der Waals surface area contributed by atoms with E-state index in [2.05, 4.69) is 27.4 Å². The molecule has 0 radical (unpaired) electrons. The van der Waals surface area contributed by atoms with E-state index in [1.165, 1.54) is 6.33 Å². The van der Waals surface area contributed by atoms with Gasteiger partial charge in [-0.3, -0.25) is 0 Å². The van der Waals surface area contributed by atoms with Gasteiger partial charge in [0.2, 0.25) is 11.8 Å². The fourth-order valence-electron chi connectivity index (χ4n) is 2.35. The third kappa shape index (κ3) is 3.13. The molecule has 2 aromatic heterocycles. The van der Waals surface area contributed by atoms with Crippen molar-refractivity contribution >= 4 is 0 Å². The van der Waals surface area contributed by atoms with Crippen LogP contribution in [0.25, 0.3) is 0 Å². The van der Waals surface area contributed by atoms with E-state index in [4.69, 9.17) is 14.0 Å². The van der Waals surface area contributed by atoms with Crippen molar-refractivity contribution in [3.8, 4) is 11.8 Å². The Morgan fingerprint density at radius 1 is 1.19 bits per heavy atom. The van der Waals surface area contributed by atoms with Crippen LogP contribution in [0.4, 0.5) is 0 Å². The van der Waals surface area contributed by atoms with Gasteiger partial charge in [-0.25, -0.2) is 9.97 Å². The second kappa shape index (κ2) is 6.53. The van der Waals surface area contributed by atoms with E-state index < -0.39 is 0 Å². The minimum absolute atomic E-state index is 0.0749. The molecule has 114 valence electrons. The molecule has 2 aromatic rings. The molecule has 0 aromatic carbocycles. The highest BCUT2D eigenvalue weighted by atomic mass is 16.5. The van der Waals surface area contributed by atoms with Crippen LogP contribution in [0.2, 0.25) is 0 Å². The monoisotopic (exact) mass is 292 g/mol. The number of hydrogen-bond donors (Lipinski definition) is 1. The normalized spacial score (nSPS) is 12.2. The molecule has 0 aliphatic rings. The van der Waals surface area contributed by atoms with E-state index in [0.717, 1.165) is 22.6 Å². The van der Waals surface area contributed by atoms with Gasteiger partial charge >= 0.3 is 0 Å². The maximum atomic E-state index is 5.26. The summed E-state index contributed by atoms with van der Waals surface area (Å²) in [5, 5.41) is 7.36. The van der Waals surface area contributed by atoms with Crippen LogP contribution in [-0.4, -0.2) is 29.3 Å². The second-order valence-corrected chi connectivity index (χ2v) is 4.71. The maximum absolute atomic E-state index is 5.26. The highest BCUT2D eigenvalue weighted by Crippen LogP contribution is 2.26. The predicted molar refractivity (Wildman–Crippen MR) is 76.4 cm³/mol. The summed E-state index contributed by atoms with van der Waals surface area (Å²) in [6.07, 6.45) is 1.42. The first-order valence-electron chi connectivity index (χ1n) is 6.66. The average Bonchev–Trinajstić information content (AvgIpc) is 2.83. The summed E-state index contributed by atoms with van der Waals surface area (Å²) in [6, 6.07) is 0.0749. The standard InChI is InChI=1S/C14H20N4O3/c1-8(12-9(2)18-21-10(12)3)15-6-11-13(19-4)16-7-17-14(11)20-5/h7-8,15H,6H2,1-5H3. The SMILES string of the molecule is COc1ncnc(OC)c1CNC(C)c1c(C)noc1C. The molecule has 0 amide bonds. The third-order valence-corrected chi connectivity index (χ3v) is 3.36. The summed E-state index contributed by atoms with van der Waals surface area (Å²) >= 11 is 0. The van der Waals surface area contributed by atoms with Crippen molar-refractivity contribution in [3.05, 3.63) is 28.9 Å². The quantitative estimate of drug-likeness (QED) is 0.871. The summed E-state index contributed by atoms with van der Waals surface area (Å²) in [7, 11) is 3.14. The van der Waals surface area contributed by atoms with Crippen molar-refractivity contribution in [1.29, 1.82) is 0 Å². The van der Waals surface area contributed by atoms with E-state index in [9.17, 15) is 0 Å². The minimum Gasteiger partial charge on any atom is -0.481 e. The number of ether oxygens (including phenoxy) is 2. The van der Waals surface area contributed by atoms with Gasteiger partial charge in [0.15, 0.2) is 0 Å². The molecule has 2 rings (SSSR count). The number of hydrogen-bond acceptors (Lipinski definition) is 7. The van der Waals surface area contributed by atoms with Gasteiger partial charge in [0.25, 0.3) is 0 Å². The van der Waals surface area contributed by atoms with Crippen LogP contribution >= 0.6 is 0 Å². The molecule has 1 unspecified atom stereocenters. The average molecular weight is 292 g/mol. The Kier molecular flexibility index (Phi) is 4.74. The van der Waals surface area contributed by atoms with Crippen molar-refractivity contribution in [2.24, 2.45) is 0 Å². The van der Waals surface area contributed by atoms with Crippen LogP contribution in [0.3, 0.4) is 0 Å². The lowest BCUT2D eigenvalue weighted by Crippen LogP contribution is -2.20. The summed E-state index contributed by atoms with van der Waals surface area (Å²) in [5.74, 6) is 1.82. The molecule has 7 nitrogen and oxygen atoms in total. The van der Waals surface area contributed by atoms with Crippen molar-refractivity contribution < 1.29 is 14.0 Å². The molecule has 0 fully saturated rings. The van der Waals surface area contributed by atoms with Crippen LogP contribution < -0.4 is 14.8 Å². The third-order valence-electron chi connectivity index (χ3n) is 3.36. The molecule has 0 aliphatic heterocycles. The van der Waals surface area contributed by atoms with Gasteiger partial charge in [-0.1, -0.05) is 5.16 Å². The van der Waals surface area contributed by atoms with Gasteiger partial charge in [0.05, 0.1) is 25.5 Å². The van der Waals surface area contributed by atoms with E-state index in [1.807, 2.05) is 13.8 Å². The van der Waals surface area contributed by atoms with E-state index in [-0.39, 0.29) is 6.04 Å². The lowest BCUT2D eigenvalue weighted by atomic mass is 10.1. The zero-order chi connectivity index (χ0) is 15.4. The number of nitrogens with zero attached hydrogens (tertiary/aromatic N) is 3. The molecule has 0 saturated carbocycles. The number of nitrogens with one attached hydrogen (secondary N) is 1. The Morgan fingerprint density at radius 3 is 2.29 bits per heavy atom. The number of aromatic nitrogens is 3. The molecule has 1 atom stereocenters. The molecule has 0 bridgehead atoms. The van der Waals surface area contributed by atoms with Gasteiger partial charge in [-0.2, -0.15) is 0 Å². The predicted octanol–water partition coefficient (Wildman–Crippen LogP) is 1.95. The smallest absolute Gasteiger partial charge is 0.224 e. The Balaban J connectivity index is 2.16. The van der Waals surface area contributed by atoms with Crippen molar-refractivity contribution in [3.63, 3.8) is 0 Å². The topological polar surface area (TPSA) is 82.3 Å². The Morgan fingerprint density at radius 2 is 1.81 bits per heavy atom. The first-order valence-corrected chi connectivity index (χ1v) is 6.66. The van der Waals surface area contributed by atoms with Gasteiger partial charge < -0.3 is 19.3 Å². The zero-order valence-corrected chi connectivity index (χ0v) is 12.9. The van der Waals surface area contributed by atoms with Crippen LogP contribution in [0.1, 0.15) is 35.5 Å². The summed E-state index contributed by atoms with van der Waals surface area (Å²) in [4.78, 5) is 8.19. The zero-order valence-electron chi connectivity index (χ0n) is 12.9. The summed E-state index contributed by atoms with van der Waals surface area (Å²) in [6.45, 7) is 6.39. The first-order chi connectivity index (χ1) is 10.1. The Hall–Kier alpha value is -2.15. The Bertz CT molecular complexity index is 571. The highest BCUT2D eigenvalue weighted by molar-refractivity contribution is 5.34. The minimum atomic E-state index is 0.0749. The number of rotatable bonds is 6. The molecule has 7 heteroatoms. The molecule has 0 aliphatic carbocycles. The van der Waals surface area contributed by atoms with Crippen molar-refractivity contribution in [1.82, 2.24) is 20.4 Å². The second-order valence-electron chi connectivity index (χ2n) is 4.71. The van der Waals surface area contributed by atoms with Gasteiger partial charge in [-0.15, -0.1) is 0 Å². The van der Waals surface area contributed by atoms with Crippen LogP contribution in [0, 0.1) is 13.8 Å². The van der Waals surface area contributed by atoms with Gasteiger partial charge in [0.1, 0.15) is 12.1 Å². The van der Waals surface area contributed by atoms with Crippen LogP contribution in [0.15, 0.2) is 10.9 Å². The lowest BCUT2D eigenvalue weighted by molar-refractivity contribution is 0.357. The molecule has 2 heterocycles. The van der Waals surface area contributed by atoms with Crippen LogP contribution in [0.5, 0.6) is 11.8 Å². The van der Waals surface area contributed by atoms with E-state index in [0.29, 0.717) is 18.3 Å². The largest absolute Gasteiger partial charge is 0.481 e. The number of aryl methyl sites for hydroxylation is 2. The van der Waals surface area contributed by atoms with E-state index >= 15 is 0 Å². The molecular formula is C14H20N4O3.